The number of nitrogens with zero attached hydrogens (tertiary/aromatic N) is 7. The fourth-order valence-corrected chi connectivity index (χ4v) is 3.83. The zero-order chi connectivity index (χ0) is 25.5. The molecule has 4 rings (SSSR count). The van der Waals surface area contributed by atoms with Crippen molar-refractivity contribution in [3.05, 3.63) is 73.4 Å². The van der Waals surface area contributed by atoms with Crippen LogP contribution in [0.25, 0.3) is 0 Å². The van der Waals surface area contributed by atoms with Crippen LogP contribution in [-0.2, 0) is 21.1 Å². The van der Waals surface area contributed by atoms with E-state index in [0.29, 0.717) is 0 Å². The largest absolute Gasteiger partial charge is 0.421 e. The predicted octanol–water partition coefficient (Wildman–Crippen LogP) is 4.09. The lowest BCUT2D eigenvalue weighted by Crippen LogP contribution is -2.44. The zero-order valence-corrected chi connectivity index (χ0v) is 21.6. The maximum Gasteiger partial charge on any atom is 0.421 e. The fourth-order valence-electron chi connectivity index (χ4n) is 3.83. The quantitative estimate of drug-likeness (QED) is 0.296. The number of benzene rings is 1. The second-order valence-electron chi connectivity index (χ2n) is 9.83. The van der Waals surface area contributed by atoms with Crippen molar-refractivity contribution in [2.75, 3.05) is 18.4 Å². The number of allylic oxidation sites excluding steroid dienone is 2. The van der Waals surface area contributed by atoms with Crippen molar-refractivity contribution in [2.45, 2.75) is 25.9 Å². The van der Waals surface area contributed by atoms with Gasteiger partial charge >= 0.3 is 11.9 Å². The summed E-state index contributed by atoms with van der Waals surface area (Å²) >= 11 is 0. The van der Waals surface area contributed by atoms with Gasteiger partial charge in [0, 0.05) is 23.3 Å². The third kappa shape index (κ3) is 6.39. The van der Waals surface area contributed by atoms with Crippen LogP contribution in [0.2, 0.25) is 0 Å². The van der Waals surface area contributed by atoms with Crippen LogP contribution in [0.4, 0.5) is 23.3 Å². The molecule has 0 saturated carbocycles. The molecule has 10 nitrogen and oxygen atoms in total. The minimum atomic E-state index is -0.0676. The van der Waals surface area contributed by atoms with Gasteiger partial charge in [0.25, 0.3) is 0 Å². The first kappa shape index (κ1) is 25.2. The molecule has 10 heteroatoms. The lowest BCUT2D eigenvalue weighted by atomic mass is 9.92. The van der Waals surface area contributed by atoms with Crippen molar-refractivity contribution in [3.8, 4) is 0 Å². The van der Waals surface area contributed by atoms with E-state index in [0.717, 1.165) is 36.4 Å². The summed E-state index contributed by atoms with van der Waals surface area (Å²) in [6.45, 7) is 6.03. The number of anilines is 1. The van der Waals surface area contributed by atoms with E-state index >= 15 is 0 Å². The maximum atomic E-state index is 4.56. The summed E-state index contributed by atoms with van der Waals surface area (Å²) in [7, 11) is 5.85. The van der Waals surface area contributed by atoms with Crippen LogP contribution >= 0.6 is 0 Å². The Bertz CT molecular complexity index is 1260. The number of para-hydroxylation sites is 1. The van der Waals surface area contributed by atoms with E-state index in [2.05, 4.69) is 68.2 Å². The molecule has 0 aliphatic heterocycles. The number of aromatic nitrogens is 4. The van der Waals surface area contributed by atoms with Gasteiger partial charge in [-0.05, 0) is 17.5 Å². The van der Waals surface area contributed by atoms with E-state index in [1.165, 1.54) is 0 Å². The summed E-state index contributed by atoms with van der Waals surface area (Å²) in [5, 5.41) is 25.1. The highest BCUT2D eigenvalue weighted by Gasteiger charge is 2.24. The van der Waals surface area contributed by atoms with E-state index in [-0.39, 0.29) is 17.5 Å². The van der Waals surface area contributed by atoms with E-state index in [1.807, 2.05) is 90.0 Å². The molecule has 36 heavy (non-hydrogen) atoms. The molecule has 0 spiro atoms. The van der Waals surface area contributed by atoms with Gasteiger partial charge in [0.05, 0.1) is 57.7 Å². The van der Waals surface area contributed by atoms with Gasteiger partial charge in [-0.2, -0.15) is 0 Å². The normalized spacial score (nSPS) is 18.0. The van der Waals surface area contributed by atoms with Gasteiger partial charge in [-0.1, -0.05) is 55.4 Å². The van der Waals surface area contributed by atoms with E-state index < -0.39 is 0 Å². The SMILES string of the molecule is Cn1cc[n+](C)c1N=Nc1ccccc1NCC(C)(C)CNC1C=CC=CC1N=Nc1[nH]cc[n+]1C. The summed E-state index contributed by atoms with van der Waals surface area (Å²) in [6.07, 6.45) is 16.0. The average molecular weight is 489 g/mol. The maximum absolute atomic E-state index is 4.56. The first-order valence-electron chi connectivity index (χ1n) is 12.1. The molecule has 1 aromatic carbocycles. The van der Waals surface area contributed by atoms with Crippen LogP contribution in [0.5, 0.6) is 0 Å². The van der Waals surface area contributed by atoms with Gasteiger partial charge < -0.3 is 10.6 Å². The molecule has 3 aromatic rings. The summed E-state index contributed by atoms with van der Waals surface area (Å²) in [5.74, 6) is 1.50. The molecule has 0 saturated heterocycles. The lowest BCUT2D eigenvalue weighted by Gasteiger charge is -2.29. The van der Waals surface area contributed by atoms with Crippen LogP contribution in [-0.4, -0.2) is 34.7 Å². The van der Waals surface area contributed by atoms with Gasteiger partial charge in [0.2, 0.25) is 0 Å². The summed E-state index contributed by atoms with van der Waals surface area (Å²) in [5.41, 5.74) is 1.73. The predicted molar refractivity (Wildman–Crippen MR) is 140 cm³/mol. The third-order valence-electron chi connectivity index (χ3n) is 6.11. The third-order valence-corrected chi connectivity index (χ3v) is 6.11. The standard InChI is InChI=1S/C26H34N10/c1-26(2,18-28-20-10-6-8-12-22(20)30-32-24-27-14-15-34(24)3)19-29-21-11-7-9-13-23(21)31-33-25-35(4)16-17-36(25)5/h6-17,20,22,28H,18-19H2,1-5H3/p+2. The monoisotopic (exact) mass is 488 g/mol. The first-order chi connectivity index (χ1) is 17.3. The number of imidazole rings is 2. The Kier molecular flexibility index (Phi) is 7.84. The Morgan fingerprint density at radius 2 is 1.81 bits per heavy atom. The molecular formula is C26H36N10+2. The fraction of sp³-hybridized carbons (Fsp3) is 0.385. The van der Waals surface area contributed by atoms with Gasteiger partial charge in [-0.25, -0.2) is 18.7 Å². The Hall–Kier alpha value is -3.92. The van der Waals surface area contributed by atoms with Crippen LogP contribution in [0.1, 0.15) is 13.8 Å². The molecule has 2 heterocycles. The highest BCUT2D eigenvalue weighted by atomic mass is 15.3. The topological polar surface area (TPSA) is 102 Å². The van der Waals surface area contributed by atoms with Crippen molar-refractivity contribution in [1.29, 1.82) is 0 Å². The van der Waals surface area contributed by atoms with Crippen LogP contribution in [0, 0.1) is 5.41 Å². The highest BCUT2D eigenvalue weighted by molar-refractivity contribution is 5.64. The average Bonchev–Trinajstić information content (AvgIpc) is 3.43. The Morgan fingerprint density at radius 1 is 1.00 bits per heavy atom. The molecule has 188 valence electrons. The number of hydrogen-bond donors (Lipinski definition) is 3. The van der Waals surface area contributed by atoms with E-state index in [1.54, 1.807) is 0 Å². The molecule has 2 unspecified atom stereocenters. The molecule has 1 aliphatic carbocycles. The number of hydrogen-bond acceptors (Lipinski definition) is 6. The molecule has 2 aromatic heterocycles. The van der Waals surface area contributed by atoms with Crippen LogP contribution in [0.3, 0.4) is 0 Å². The molecule has 0 fully saturated rings. The highest BCUT2D eigenvalue weighted by Crippen LogP contribution is 2.27. The van der Waals surface area contributed by atoms with Crippen LogP contribution < -0.4 is 19.8 Å². The number of rotatable bonds is 10. The number of azo groups is 2. The minimum absolute atomic E-state index is 0.0304. The summed E-state index contributed by atoms with van der Waals surface area (Å²) in [4.78, 5) is 3.09. The Balaban J connectivity index is 1.35. The summed E-state index contributed by atoms with van der Waals surface area (Å²) < 4.78 is 5.78. The van der Waals surface area contributed by atoms with Crippen molar-refractivity contribution in [1.82, 2.24) is 14.9 Å². The van der Waals surface area contributed by atoms with Gasteiger partial charge in [-0.15, -0.1) is 5.11 Å². The molecule has 0 radical (unpaired) electrons. The molecule has 2 atom stereocenters. The van der Waals surface area contributed by atoms with Crippen molar-refractivity contribution >= 4 is 23.3 Å². The molecule has 1 aliphatic rings. The van der Waals surface area contributed by atoms with Crippen molar-refractivity contribution in [3.63, 3.8) is 0 Å². The number of H-pyrrole nitrogens is 1. The van der Waals surface area contributed by atoms with Crippen molar-refractivity contribution < 1.29 is 9.13 Å². The molecular weight excluding hydrogens is 452 g/mol. The Labute approximate surface area is 212 Å². The van der Waals surface area contributed by atoms with Gasteiger partial charge in [0.15, 0.2) is 0 Å². The lowest BCUT2D eigenvalue weighted by molar-refractivity contribution is -0.657. The Morgan fingerprint density at radius 3 is 2.56 bits per heavy atom. The van der Waals surface area contributed by atoms with E-state index in [9.17, 15) is 0 Å². The molecule has 3 N–H and O–H groups in total. The van der Waals surface area contributed by atoms with Gasteiger partial charge in [-0.3, -0.25) is 0 Å². The first-order valence-corrected chi connectivity index (χ1v) is 12.1. The second kappa shape index (κ2) is 11.2. The van der Waals surface area contributed by atoms with Crippen molar-refractivity contribution in [2.24, 2.45) is 47.0 Å². The number of nitrogens with one attached hydrogen (secondary N) is 3. The minimum Gasteiger partial charge on any atom is -0.383 e. The summed E-state index contributed by atoms with van der Waals surface area (Å²) in [6, 6.07) is 8.00. The second-order valence-corrected chi connectivity index (χ2v) is 9.83. The van der Waals surface area contributed by atoms with E-state index in [4.69, 9.17) is 0 Å². The van der Waals surface area contributed by atoms with Crippen LogP contribution in [0.15, 0.2) is 93.8 Å². The smallest absolute Gasteiger partial charge is 0.383 e. The molecule has 0 amide bonds. The zero-order valence-electron chi connectivity index (χ0n) is 21.6. The van der Waals surface area contributed by atoms with Gasteiger partial charge in [0.1, 0.15) is 11.7 Å². The molecule has 0 bridgehead atoms. The number of aryl methyl sites for hydroxylation is 3. The number of aromatic amines is 1.